The molecule has 0 aromatic rings. The van der Waals surface area contributed by atoms with E-state index in [1.54, 1.807) is 0 Å². The second-order valence-corrected chi connectivity index (χ2v) is 5.45. The minimum Gasteiger partial charge on any atom is -0.338 e. The monoisotopic (exact) mass is 239 g/mol. The van der Waals surface area contributed by atoms with E-state index in [0.717, 1.165) is 26.1 Å². The second kappa shape index (κ2) is 5.83. The number of carbonyl (C=O) groups is 1. The normalized spacial score (nSPS) is 30.5. The molecule has 2 unspecified atom stereocenters. The predicted octanol–water partition coefficient (Wildman–Crippen LogP) is 0.668. The molecule has 98 valence electrons. The van der Waals surface area contributed by atoms with Crippen LogP contribution in [0.25, 0.3) is 0 Å². The van der Waals surface area contributed by atoms with Gasteiger partial charge in [-0.25, -0.2) is 0 Å². The highest BCUT2D eigenvalue weighted by atomic mass is 16.2. The molecule has 0 radical (unpaired) electrons. The highest BCUT2D eigenvalue weighted by Crippen LogP contribution is 2.24. The Hall–Kier alpha value is -0.610. The quantitative estimate of drug-likeness (QED) is 0.767. The number of amides is 1. The molecular weight excluding hydrogens is 214 g/mol. The molecule has 2 heterocycles. The molecule has 0 aromatic heterocycles. The summed E-state index contributed by atoms with van der Waals surface area (Å²) in [5.41, 5.74) is 5.66. The Morgan fingerprint density at radius 3 is 2.88 bits per heavy atom. The van der Waals surface area contributed by atoms with Crippen molar-refractivity contribution in [1.29, 1.82) is 0 Å². The Morgan fingerprint density at radius 2 is 2.24 bits per heavy atom. The summed E-state index contributed by atoms with van der Waals surface area (Å²) in [7, 11) is 0. The molecule has 0 aromatic carbocycles. The van der Waals surface area contributed by atoms with E-state index in [2.05, 4.69) is 16.7 Å². The maximum absolute atomic E-state index is 11.9. The second-order valence-electron chi connectivity index (χ2n) is 5.45. The summed E-state index contributed by atoms with van der Waals surface area (Å²) in [6.45, 7) is 7.18. The van der Waals surface area contributed by atoms with E-state index < -0.39 is 0 Å². The number of unbranched alkanes of at least 4 members (excludes halogenated alkanes) is 1. The first kappa shape index (κ1) is 12.8. The number of hydrogen-bond donors (Lipinski definition) is 1. The van der Waals surface area contributed by atoms with Crippen molar-refractivity contribution in [3.63, 3.8) is 0 Å². The van der Waals surface area contributed by atoms with Crippen LogP contribution < -0.4 is 5.73 Å². The lowest BCUT2D eigenvalue weighted by Gasteiger charge is -2.24. The fourth-order valence-corrected chi connectivity index (χ4v) is 2.97. The number of nitrogens with zero attached hydrogens (tertiary/aromatic N) is 2. The van der Waals surface area contributed by atoms with Gasteiger partial charge in [0.1, 0.15) is 0 Å². The van der Waals surface area contributed by atoms with Crippen molar-refractivity contribution in [3.8, 4) is 0 Å². The lowest BCUT2D eigenvalue weighted by atomic mass is 10.1. The van der Waals surface area contributed by atoms with Crippen LogP contribution in [0.2, 0.25) is 0 Å². The molecule has 2 N–H and O–H groups in total. The van der Waals surface area contributed by atoms with E-state index in [1.165, 1.54) is 19.4 Å². The van der Waals surface area contributed by atoms with Crippen molar-refractivity contribution in [2.75, 3.05) is 32.7 Å². The molecule has 2 fully saturated rings. The van der Waals surface area contributed by atoms with Crippen molar-refractivity contribution in [2.45, 2.75) is 38.6 Å². The summed E-state index contributed by atoms with van der Waals surface area (Å²) in [6, 6.07) is 0.455. The van der Waals surface area contributed by atoms with Crippen LogP contribution in [-0.4, -0.2) is 54.5 Å². The van der Waals surface area contributed by atoms with Crippen molar-refractivity contribution < 1.29 is 4.79 Å². The summed E-state index contributed by atoms with van der Waals surface area (Å²) in [5.74, 6) is 0.718. The molecule has 17 heavy (non-hydrogen) atoms. The Labute approximate surface area is 104 Å². The van der Waals surface area contributed by atoms with Crippen LogP contribution in [0.3, 0.4) is 0 Å². The zero-order chi connectivity index (χ0) is 12.3. The van der Waals surface area contributed by atoms with Gasteiger partial charge in [-0.15, -0.1) is 0 Å². The van der Waals surface area contributed by atoms with Crippen molar-refractivity contribution in [2.24, 2.45) is 11.7 Å². The minimum absolute atomic E-state index is 0.322. The first-order valence-electron chi connectivity index (χ1n) is 6.96. The van der Waals surface area contributed by atoms with Gasteiger partial charge in [-0.3, -0.25) is 4.79 Å². The van der Waals surface area contributed by atoms with Gasteiger partial charge in [-0.2, -0.15) is 0 Å². The third-order valence-electron chi connectivity index (χ3n) is 4.09. The van der Waals surface area contributed by atoms with E-state index in [4.69, 9.17) is 5.73 Å². The highest BCUT2D eigenvalue weighted by molar-refractivity contribution is 5.79. The molecule has 1 amide bonds. The highest BCUT2D eigenvalue weighted by Gasteiger charge is 2.36. The zero-order valence-corrected chi connectivity index (χ0v) is 10.9. The standard InChI is InChI=1S/C13H25N3O/c1-2-3-5-15-6-4-12(10-15)16-9-11(8-14)7-13(16)17/h11-12H,2-10,14H2,1H3. The van der Waals surface area contributed by atoms with Crippen LogP contribution in [0.1, 0.15) is 32.6 Å². The molecule has 2 aliphatic rings. The fourth-order valence-electron chi connectivity index (χ4n) is 2.97. The average molecular weight is 239 g/mol. The number of hydrogen-bond acceptors (Lipinski definition) is 3. The lowest BCUT2D eigenvalue weighted by molar-refractivity contribution is -0.129. The molecular formula is C13H25N3O. The van der Waals surface area contributed by atoms with Crippen LogP contribution >= 0.6 is 0 Å². The van der Waals surface area contributed by atoms with Gasteiger partial charge < -0.3 is 15.5 Å². The van der Waals surface area contributed by atoms with Crippen molar-refractivity contribution in [1.82, 2.24) is 9.80 Å². The van der Waals surface area contributed by atoms with Crippen LogP contribution in [-0.2, 0) is 4.79 Å². The Kier molecular flexibility index (Phi) is 4.40. The molecule has 2 atom stereocenters. The smallest absolute Gasteiger partial charge is 0.223 e. The molecule has 4 heteroatoms. The first-order chi connectivity index (χ1) is 8.24. The van der Waals surface area contributed by atoms with Crippen LogP contribution in [0.4, 0.5) is 0 Å². The first-order valence-corrected chi connectivity index (χ1v) is 6.96. The van der Waals surface area contributed by atoms with Crippen LogP contribution in [0.15, 0.2) is 0 Å². The van der Waals surface area contributed by atoms with Gasteiger partial charge >= 0.3 is 0 Å². The van der Waals surface area contributed by atoms with Gasteiger partial charge in [-0.1, -0.05) is 13.3 Å². The maximum Gasteiger partial charge on any atom is 0.223 e. The van der Waals surface area contributed by atoms with E-state index in [1.807, 2.05) is 0 Å². The third-order valence-corrected chi connectivity index (χ3v) is 4.09. The number of rotatable bonds is 5. The summed E-state index contributed by atoms with van der Waals surface area (Å²) in [5, 5.41) is 0. The fraction of sp³-hybridized carbons (Fsp3) is 0.923. The van der Waals surface area contributed by atoms with Gasteiger partial charge in [0.25, 0.3) is 0 Å². The lowest BCUT2D eigenvalue weighted by Crippen LogP contribution is -2.39. The van der Waals surface area contributed by atoms with Crippen molar-refractivity contribution >= 4 is 5.91 Å². The van der Waals surface area contributed by atoms with Gasteiger partial charge in [0, 0.05) is 32.1 Å². The van der Waals surface area contributed by atoms with Crippen LogP contribution in [0.5, 0.6) is 0 Å². The topological polar surface area (TPSA) is 49.6 Å². The number of carbonyl (C=O) groups excluding carboxylic acids is 1. The Balaban J connectivity index is 1.82. The predicted molar refractivity (Wildman–Crippen MR) is 68.6 cm³/mol. The summed E-state index contributed by atoms with van der Waals surface area (Å²) >= 11 is 0. The molecule has 0 spiro atoms. The largest absolute Gasteiger partial charge is 0.338 e. The molecule has 2 saturated heterocycles. The van der Waals surface area contributed by atoms with E-state index in [9.17, 15) is 4.79 Å². The van der Waals surface area contributed by atoms with Crippen LogP contribution in [0, 0.1) is 5.92 Å². The number of likely N-dealkylation sites (tertiary alicyclic amines) is 2. The van der Waals surface area contributed by atoms with Gasteiger partial charge in [0.2, 0.25) is 5.91 Å². The third kappa shape index (κ3) is 2.99. The maximum atomic E-state index is 11.9. The summed E-state index contributed by atoms with van der Waals surface area (Å²) in [4.78, 5) is 16.5. The molecule has 0 bridgehead atoms. The summed E-state index contributed by atoms with van der Waals surface area (Å²) in [6.07, 6.45) is 4.33. The molecule has 4 nitrogen and oxygen atoms in total. The molecule has 0 aliphatic carbocycles. The van der Waals surface area contributed by atoms with Gasteiger partial charge in [-0.05, 0) is 31.8 Å². The Bertz CT molecular complexity index is 269. The van der Waals surface area contributed by atoms with Gasteiger partial charge in [0.05, 0.1) is 0 Å². The number of nitrogens with two attached hydrogens (primary N) is 1. The Morgan fingerprint density at radius 1 is 1.41 bits per heavy atom. The summed E-state index contributed by atoms with van der Waals surface area (Å²) < 4.78 is 0. The van der Waals surface area contributed by atoms with E-state index in [-0.39, 0.29) is 0 Å². The average Bonchev–Trinajstić information content (AvgIpc) is 2.92. The molecule has 0 saturated carbocycles. The molecule has 2 aliphatic heterocycles. The minimum atomic E-state index is 0.322. The zero-order valence-electron chi connectivity index (χ0n) is 10.9. The molecule has 2 rings (SSSR count). The SMILES string of the molecule is CCCCN1CCC(N2CC(CN)CC2=O)C1. The van der Waals surface area contributed by atoms with Gasteiger partial charge in [0.15, 0.2) is 0 Å². The van der Waals surface area contributed by atoms with E-state index >= 15 is 0 Å². The van der Waals surface area contributed by atoms with E-state index in [0.29, 0.717) is 30.8 Å². The van der Waals surface area contributed by atoms with Crippen molar-refractivity contribution in [3.05, 3.63) is 0 Å².